The molecular formula is C12H18N2O4S. The first-order chi connectivity index (χ1) is 8.86. The zero-order valence-corrected chi connectivity index (χ0v) is 11.7. The molecule has 0 saturated heterocycles. The maximum atomic E-state index is 12.0. The standard InChI is InChI=1S/C12H18N2O4S/c1-9(13)10-4-3-5-11(8-10)19(16,17)14-7-6-12(15)18-2/h3-5,8-9,14H,6-7,13H2,1-2H3. The quantitative estimate of drug-likeness (QED) is 0.744. The van der Waals surface area contributed by atoms with Crippen molar-refractivity contribution in [2.24, 2.45) is 5.73 Å². The molecule has 19 heavy (non-hydrogen) atoms. The third kappa shape index (κ3) is 4.62. The van der Waals surface area contributed by atoms with E-state index >= 15 is 0 Å². The number of nitrogens with two attached hydrogens (primary N) is 1. The van der Waals surface area contributed by atoms with Gasteiger partial charge in [-0.05, 0) is 24.6 Å². The largest absolute Gasteiger partial charge is 0.469 e. The van der Waals surface area contributed by atoms with E-state index in [2.05, 4.69) is 9.46 Å². The Kier molecular flexibility index (Phi) is 5.46. The van der Waals surface area contributed by atoms with E-state index in [9.17, 15) is 13.2 Å². The molecule has 0 saturated carbocycles. The second-order valence-corrected chi connectivity index (χ2v) is 5.85. The molecule has 1 rings (SSSR count). The Morgan fingerprint density at radius 2 is 2.16 bits per heavy atom. The Morgan fingerprint density at radius 3 is 2.74 bits per heavy atom. The topological polar surface area (TPSA) is 98.5 Å². The van der Waals surface area contributed by atoms with Crippen molar-refractivity contribution in [1.29, 1.82) is 0 Å². The Bertz CT molecular complexity index is 540. The fourth-order valence-electron chi connectivity index (χ4n) is 1.44. The molecule has 0 spiro atoms. The van der Waals surface area contributed by atoms with Gasteiger partial charge in [0.2, 0.25) is 10.0 Å². The third-order valence-electron chi connectivity index (χ3n) is 2.54. The molecule has 3 N–H and O–H groups in total. The van der Waals surface area contributed by atoms with Crippen molar-refractivity contribution < 1.29 is 17.9 Å². The second-order valence-electron chi connectivity index (χ2n) is 4.09. The van der Waals surface area contributed by atoms with Crippen molar-refractivity contribution in [3.63, 3.8) is 0 Å². The number of nitrogens with one attached hydrogen (secondary N) is 1. The molecule has 0 bridgehead atoms. The van der Waals surface area contributed by atoms with Crippen LogP contribution in [0.25, 0.3) is 0 Å². The Hall–Kier alpha value is -1.44. The van der Waals surface area contributed by atoms with E-state index in [0.29, 0.717) is 0 Å². The number of carbonyl (C=O) groups excluding carboxylic acids is 1. The van der Waals surface area contributed by atoms with Crippen LogP contribution in [0.5, 0.6) is 0 Å². The highest BCUT2D eigenvalue weighted by Gasteiger charge is 2.15. The van der Waals surface area contributed by atoms with E-state index in [1.807, 2.05) is 0 Å². The van der Waals surface area contributed by atoms with Gasteiger partial charge in [0.05, 0.1) is 18.4 Å². The van der Waals surface area contributed by atoms with E-state index in [1.54, 1.807) is 19.1 Å². The monoisotopic (exact) mass is 286 g/mol. The smallest absolute Gasteiger partial charge is 0.306 e. The number of esters is 1. The Balaban J connectivity index is 2.77. The van der Waals surface area contributed by atoms with Crippen molar-refractivity contribution in [3.8, 4) is 0 Å². The summed E-state index contributed by atoms with van der Waals surface area (Å²) in [4.78, 5) is 11.0. The average molecular weight is 286 g/mol. The van der Waals surface area contributed by atoms with E-state index < -0.39 is 16.0 Å². The summed E-state index contributed by atoms with van der Waals surface area (Å²) in [6.07, 6.45) is -0.0112. The summed E-state index contributed by atoms with van der Waals surface area (Å²) in [5.74, 6) is -0.466. The summed E-state index contributed by atoms with van der Waals surface area (Å²) < 4.78 is 30.7. The molecule has 7 heteroatoms. The predicted molar refractivity (Wildman–Crippen MR) is 70.9 cm³/mol. The van der Waals surface area contributed by atoms with Crippen LogP contribution >= 0.6 is 0 Å². The Labute approximate surface area is 113 Å². The van der Waals surface area contributed by atoms with Gasteiger partial charge in [0.1, 0.15) is 0 Å². The van der Waals surface area contributed by atoms with Gasteiger partial charge in [-0.1, -0.05) is 12.1 Å². The van der Waals surface area contributed by atoms with E-state index in [0.717, 1.165) is 5.56 Å². The highest BCUT2D eigenvalue weighted by molar-refractivity contribution is 7.89. The molecule has 0 radical (unpaired) electrons. The molecule has 0 heterocycles. The number of methoxy groups -OCH3 is 1. The lowest BCUT2D eigenvalue weighted by Crippen LogP contribution is -2.26. The molecule has 0 amide bonds. The second kappa shape index (κ2) is 6.65. The Morgan fingerprint density at radius 1 is 1.47 bits per heavy atom. The number of hydrogen-bond donors (Lipinski definition) is 2. The van der Waals surface area contributed by atoms with Gasteiger partial charge >= 0.3 is 5.97 Å². The zero-order chi connectivity index (χ0) is 14.5. The third-order valence-corrected chi connectivity index (χ3v) is 4.00. The van der Waals surface area contributed by atoms with Crippen molar-refractivity contribution >= 4 is 16.0 Å². The minimum atomic E-state index is -3.63. The van der Waals surface area contributed by atoms with Crippen molar-refractivity contribution in [1.82, 2.24) is 4.72 Å². The lowest BCUT2D eigenvalue weighted by molar-refractivity contribution is -0.140. The van der Waals surface area contributed by atoms with Crippen LogP contribution in [0.1, 0.15) is 24.9 Å². The van der Waals surface area contributed by atoms with E-state index in [1.165, 1.54) is 19.2 Å². The summed E-state index contributed by atoms with van der Waals surface area (Å²) in [5, 5.41) is 0. The molecule has 1 aromatic carbocycles. The number of carbonyl (C=O) groups is 1. The van der Waals surface area contributed by atoms with Crippen LogP contribution in [-0.2, 0) is 19.6 Å². The highest BCUT2D eigenvalue weighted by Crippen LogP contribution is 2.15. The van der Waals surface area contributed by atoms with Crippen molar-refractivity contribution in [3.05, 3.63) is 29.8 Å². The molecule has 106 valence electrons. The van der Waals surface area contributed by atoms with Crippen LogP contribution in [0, 0.1) is 0 Å². The minimum absolute atomic E-state index is 0.00257. The highest BCUT2D eigenvalue weighted by atomic mass is 32.2. The number of hydrogen-bond acceptors (Lipinski definition) is 5. The molecule has 0 fully saturated rings. The van der Waals surface area contributed by atoms with Crippen LogP contribution < -0.4 is 10.5 Å². The predicted octanol–water partition coefficient (Wildman–Crippen LogP) is 0.548. The average Bonchev–Trinajstić information content (AvgIpc) is 2.38. The molecule has 1 atom stereocenters. The van der Waals surface area contributed by atoms with Gasteiger partial charge in [-0.3, -0.25) is 4.79 Å². The van der Waals surface area contributed by atoms with E-state index in [4.69, 9.17) is 5.73 Å². The SMILES string of the molecule is COC(=O)CCNS(=O)(=O)c1cccc(C(C)N)c1. The van der Waals surface area contributed by atoms with Gasteiger partial charge in [0.15, 0.2) is 0 Å². The first kappa shape index (κ1) is 15.6. The lowest BCUT2D eigenvalue weighted by atomic mass is 10.1. The van der Waals surface area contributed by atoms with Gasteiger partial charge < -0.3 is 10.5 Å². The summed E-state index contributed by atoms with van der Waals surface area (Å²) in [6.45, 7) is 1.77. The molecule has 1 unspecified atom stereocenters. The summed E-state index contributed by atoms with van der Waals surface area (Å²) in [5.41, 5.74) is 6.44. The van der Waals surface area contributed by atoms with Crippen LogP contribution in [0.4, 0.5) is 0 Å². The van der Waals surface area contributed by atoms with Gasteiger partial charge in [-0.25, -0.2) is 13.1 Å². The lowest BCUT2D eigenvalue weighted by Gasteiger charge is -2.09. The normalized spacial score (nSPS) is 13.0. The van der Waals surface area contributed by atoms with Crippen LogP contribution in [0.2, 0.25) is 0 Å². The zero-order valence-electron chi connectivity index (χ0n) is 10.9. The maximum absolute atomic E-state index is 12.0. The first-order valence-corrected chi connectivity index (χ1v) is 7.27. The summed E-state index contributed by atoms with van der Waals surface area (Å²) in [6, 6.07) is 6.15. The molecular weight excluding hydrogens is 268 g/mol. The van der Waals surface area contributed by atoms with Crippen LogP contribution in [-0.4, -0.2) is 28.0 Å². The molecule has 0 aliphatic heterocycles. The molecule has 0 aromatic heterocycles. The molecule has 0 aliphatic rings. The maximum Gasteiger partial charge on any atom is 0.306 e. The minimum Gasteiger partial charge on any atom is -0.469 e. The fourth-order valence-corrected chi connectivity index (χ4v) is 2.52. The number of sulfonamides is 1. The fraction of sp³-hybridized carbons (Fsp3) is 0.417. The number of ether oxygens (including phenoxy) is 1. The number of benzene rings is 1. The molecule has 1 aromatic rings. The molecule has 6 nitrogen and oxygen atoms in total. The first-order valence-electron chi connectivity index (χ1n) is 5.79. The van der Waals surface area contributed by atoms with Crippen molar-refractivity contribution in [2.45, 2.75) is 24.3 Å². The van der Waals surface area contributed by atoms with Crippen molar-refractivity contribution in [2.75, 3.05) is 13.7 Å². The van der Waals surface area contributed by atoms with Crippen LogP contribution in [0.3, 0.4) is 0 Å². The van der Waals surface area contributed by atoms with Gasteiger partial charge in [0, 0.05) is 12.6 Å². The van der Waals surface area contributed by atoms with Crippen LogP contribution in [0.15, 0.2) is 29.2 Å². The van der Waals surface area contributed by atoms with Gasteiger partial charge in [0.25, 0.3) is 0 Å². The summed E-state index contributed by atoms with van der Waals surface area (Å²) >= 11 is 0. The van der Waals surface area contributed by atoms with Gasteiger partial charge in [-0.2, -0.15) is 0 Å². The molecule has 0 aliphatic carbocycles. The summed E-state index contributed by atoms with van der Waals surface area (Å²) in [7, 11) is -2.38. The van der Waals surface area contributed by atoms with Gasteiger partial charge in [-0.15, -0.1) is 0 Å². The van der Waals surface area contributed by atoms with E-state index in [-0.39, 0.29) is 23.9 Å². The number of rotatable bonds is 6.